The minimum absolute atomic E-state index is 0.0666. The maximum atomic E-state index is 13.6. The Labute approximate surface area is 202 Å². The quantitative estimate of drug-likeness (QED) is 0.359. The van der Waals surface area contributed by atoms with Crippen LogP contribution in [0.4, 0.5) is 8.78 Å². The van der Waals surface area contributed by atoms with Gasteiger partial charge in [-0.05, 0) is 92.4 Å². The summed E-state index contributed by atoms with van der Waals surface area (Å²) >= 11 is 0. The van der Waals surface area contributed by atoms with Crippen molar-refractivity contribution in [2.75, 3.05) is 6.54 Å². The fourth-order valence-electron chi connectivity index (χ4n) is 5.97. The number of rotatable bonds is 9. The van der Waals surface area contributed by atoms with Gasteiger partial charge in [-0.2, -0.15) is 0 Å². The van der Waals surface area contributed by atoms with Gasteiger partial charge in [0.25, 0.3) is 0 Å². The summed E-state index contributed by atoms with van der Waals surface area (Å²) < 4.78 is 27.1. The maximum Gasteiger partial charge on any atom is 0.123 e. The van der Waals surface area contributed by atoms with Crippen molar-refractivity contribution < 1.29 is 8.78 Å². The smallest absolute Gasteiger partial charge is 0.123 e. The number of hydrogen-bond acceptors (Lipinski definition) is 2. The first kappa shape index (κ1) is 23.2. The Morgan fingerprint density at radius 3 is 1.85 bits per heavy atom. The van der Waals surface area contributed by atoms with E-state index >= 15 is 0 Å². The first-order chi connectivity index (χ1) is 16.7. The van der Waals surface area contributed by atoms with Crippen LogP contribution in [0.1, 0.15) is 61.3 Å². The summed E-state index contributed by atoms with van der Waals surface area (Å²) in [6.45, 7) is 1.19. The number of nitrogens with one attached hydrogen (secondary N) is 1. The van der Waals surface area contributed by atoms with Gasteiger partial charge in [0, 0.05) is 18.1 Å². The normalized spacial score (nSPS) is 22.4. The number of piperidine rings is 1. The van der Waals surface area contributed by atoms with Crippen LogP contribution in [-0.4, -0.2) is 29.6 Å². The second kappa shape index (κ2) is 10.8. The van der Waals surface area contributed by atoms with Crippen LogP contribution in [0, 0.1) is 11.6 Å². The van der Waals surface area contributed by atoms with Gasteiger partial charge in [0.2, 0.25) is 0 Å². The Morgan fingerprint density at radius 2 is 1.29 bits per heavy atom. The zero-order valence-electron chi connectivity index (χ0n) is 19.7. The molecular formula is C30H34F2N2. The molecule has 1 unspecified atom stereocenters. The molecule has 0 saturated carbocycles. The number of halogens is 2. The van der Waals surface area contributed by atoms with Crippen molar-refractivity contribution in [1.29, 1.82) is 0 Å². The van der Waals surface area contributed by atoms with Crippen molar-refractivity contribution >= 4 is 0 Å². The molecule has 2 nitrogen and oxygen atoms in total. The molecule has 4 heteroatoms. The molecule has 2 fully saturated rings. The Kier molecular flexibility index (Phi) is 7.36. The van der Waals surface area contributed by atoms with Crippen molar-refractivity contribution in [2.45, 2.75) is 69.1 Å². The standard InChI is InChI=1S/C30H34F2N2/c31-25-13-9-23(10-14-25)30(24-11-15-26(32)16-12-24)33-27-20-28-17-18-29(21-27)34(28)19-5-4-8-22-6-2-1-3-7-22/h1-3,6-7,9-16,27-30,33H,4-5,8,17-21H2/t27?,28-,29+. The van der Waals surface area contributed by atoms with Crippen molar-refractivity contribution in [2.24, 2.45) is 0 Å². The maximum absolute atomic E-state index is 13.6. The van der Waals surface area contributed by atoms with Crippen LogP contribution in [0.5, 0.6) is 0 Å². The molecule has 3 atom stereocenters. The SMILES string of the molecule is Fc1ccc(C(NC2C[C@H]3CC[C@@H](C2)N3CCCCc2ccccc2)c2ccc(F)cc2)cc1. The van der Waals surface area contributed by atoms with Crippen LogP contribution in [0.25, 0.3) is 0 Å². The van der Waals surface area contributed by atoms with Crippen molar-refractivity contribution in [1.82, 2.24) is 10.2 Å². The van der Waals surface area contributed by atoms with E-state index in [9.17, 15) is 8.78 Å². The van der Waals surface area contributed by atoms with Crippen LogP contribution in [0.3, 0.4) is 0 Å². The van der Waals surface area contributed by atoms with Crippen molar-refractivity contribution in [3.63, 3.8) is 0 Å². The van der Waals surface area contributed by atoms with Crippen LogP contribution in [0.15, 0.2) is 78.9 Å². The van der Waals surface area contributed by atoms with E-state index in [0.29, 0.717) is 18.1 Å². The molecule has 0 amide bonds. The first-order valence-corrected chi connectivity index (χ1v) is 12.7. The third kappa shape index (κ3) is 5.56. The molecule has 3 aromatic carbocycles. The van der Waals surface area contributed by atoms with Gasteiger partial charge in [0.15, 0.2) is 0 Å². The molecule has 34 heavy (non-hydrogen) atoms. The van der Waals surface area contributed by atoms with E-state index in [4.69, 9.17) is 0 Å². The van der Waals surface area contributed by atoms with Gasteiger partial charge in [0.1, 0.15) is 11.6 Å². The number of benzene rings is 3. The van der Waals surface area contributed by atoms with Gasteiger partial charge >= 0.3 is 0 Å². The summed E-state index contributed by atoms with van der Waals surface area (Å²) in [4.78, 5) is 2.76. The van der Waals surface area contributed by atoms with Gasteiger partial charge in [-0.1, -0.05) is 54.6 Å². The molecule has 1 N–H and O–H groups in total. The summed E-state index contributed by atoms with van der Waals surface area (Å²) in [6.07, 6.45) is 8.46. The molecule has 0 aromatic heterocycles. The molecule has 0 radical (unpaired) electrons. The third-order valence-corrected chi connectivity index (χ3v) is 7.67. The van der Waals surface area contributed by atoms with Crippen LogP contribution in [0.2, 0.25) is 0 Å². The molecule has 0 spiro atoms. The monoisotopic (exact) mass is 460 g/mol. The van der Waals surface area contributed by atoms with E-state index in [1.807, 2.05) is 24.3 Å². The zero-order valence-corrected chi connectivity index (χ0v) is 19.7. The molecule has 178 valence electrons. The lowest BCUT2D eigenvalue weighted by molar-refractivity contribution is 0.112. The Morgan fingerprint density at radius 1 is 0.735 bits per heavy atom. The molecule has 2 heterocycles. The van der Waals surface area contributed by atoms with Crippen LogP contribution >= 0.6 is 0 Å². The molecule has 2 bridgehead atoms. The molecule has 2 aliphatic rings. The number of hydrogen-bond donors (Lipinski definition) is 1. The van der Waals surface area contributed by atoms with Crippen molar-refractivity contribution in [3.05, 3.63) is 107 Å². The summed E-state index contributed by atoms with van der Waals surface area (Å²) in [7, 11) is 0. The zero-order chi connectivity index (χ0) is 23.3. The highest BCUT2D eigenvalue weighted by atomic mass is 19.1. The summed E-state index contributed by atoms with van der Waals surface area (Å²) in [5, 5.41) is 3.87. The average molecular weight is 461 g/mol. The van der Waals surface area contributed by atoms with Crippen LogP contribution < -0.4 is 5.32 Å². The number of fused-ring (bicyclic) bond motifs is 2. The lowest BCUT2D eigenvalue weighted by atomic mass is 9.92. The second-order valence-electron chi connectivity index (χ2n) is 9.94. The lowest BCUT2D eigenvalue weighted by Gasteiger charge is -2.40. The molecule has 2 aliphatic heterocycles. The van der Waals surface area contributed by atoms with Gasteiger partial charge < -0.3 is 5.32 Å². The molecule has 0 aliphatic carbocycles. The van der Waals surface area contributed by atoms with E-state index in [0.717, 1.165) is 30.4 Å². The van der Waals surface area contributed by atoms with Gasteiger partial charge in [-0.25, -0.2) is 8.78 Å². The highest BCUT2D eigenvalue weighted by molar-refractivity contribution is 5.32. The summed E-state index contributed by atoms with van der Waals surface area (Å²) in [6, 6.07) is 25.8. The van der Waals surface area contributed by atoms with Gasteiger partial charge in [-0.15, -0.1) is 0 Å². The average Bonchev–Trinajstić information content (AvgIpc) is 3.09. The predicted molar refractivity (Wildman–Crippen MR) is 134 cm³/mol. The Balaban J connectivity index is 1.20. The van der Waals surface area contributed by atoms with Crippen LogP contribution in [-0.2, 0) is 6.42 Å². The largest absolute Gasteiger partial charge is 0.303 e. The topological polar surface area (TPSA) is 15.3 Å². The van der Waals surface area contributed by atoms with Crippen molar-refractivity contribution in [3.8, 4) is 0 Å². The third-order valence-electron chi connectivity index (χ3n) is 7.67. The minimum Gasteiger partial charge on any atom is -0.303 e. The highest BCUT2D eigenvalue weighted by Crippen LogP contribution is 2.37. The van der Waals surface area contributed by atoms with Gasteiger partial charge in [0.05, 0.1) is 6.04 Å². The summed E-state index contributed by atoms with van der Waals surface area (Å²) in [5.41, 5.74) is 3.47. The van der Waals surface area contributed by atoms with E-state index < -0.39 is 0 Å². The lowest BCUT2D eigenvalue weighted by Crippen LogP contribution is -2.50. The fraction of sp³-hybridized carbons (Fsp3) is 0.400. The molecular weight excluding hydrogens is 426 g/mol. The number of nitrogens with zero attached hydrogens (tertiary/aromatic N) is 1. The van der Waals surface area contributed by atoms with Gasteiger partial charge in [-0.3, -0.25) is 4.90 Å². The molecule has 2 saturated heterocycles. The van der Waals surface area contributed by atoms with E-state index in [2.05, 4.69) is 40.5 Å². The number of aryl methyl sites for hydroxylation is 1. The van der Waals surface area contributed by atoms with E-state index in [-0.39, 0.29) is 17.7 Å². The minimum atomic E-state index is -0.236. The number of unbranched alkanes of at least 4 members (excludes halogenated alkanes) is 1. The Bertz CT molecular complexity index is 976. The summed E-state index contributed by atoms with van der Waals surface area (Å²) in [5.74, 6) is -0.472. The van der Waals surface area contributed by atoms with E-state index in [1.165, 1.54) is 62.1 Å². The van der Waals surface area contributed by atoms with E-state index in [1.54, 1.807) is 0 Å². The Hall–Kier alpha value is -2.56. The predicted octanol–water partition coefficient (Wildman–Crippen LogP) is 6.66. The second-order valence-corrected chi connectivity index (χ2v) is 9.94. The first-order valence-electron chi connectivity index (χ1n) is 12.7. The molecule has 3 aromatic rings. The molecule has 5 rings (SSSR count). The highest BCUT2D eigenvalue weighted by Gasteiger charge is 2.40. The fourth-order valence-corrected chi connectivity index (χ4v) is 5.97.